The minimum atomic E-state index is -1.14. The van der Waals surface area contributed by atoms with Gasteiger partial charge in [0, 0.05) is 27.4 Å². The molecule has 0 aliphatic heterocycles. The zero-order valence-electron chi connectivity index (χ0n) is 17.0. The van der Waals surface area contributed by atoms with Crippen LogP contribution in [0.2, 0.25) is 0 Å². The van der Waals surface area contributed by atoms with Gasteiger partial charge in [-0.2, -0.15) is 0 Å². The molecule has 7 nitrogen and oxygen atoms in total. The molecule has 3 N–H and O–H groups in total. The number of hydrogen-bond donors (Lipinski definition) is 3. The number of carbonyl (C=O) groups is 3. The zero-order valence-corrected chi connectivity index (χ0v) is 18.5. The van der Waals surface area contributed by atoms with Gasteiger partial charge in [-0.25, -0.2) is 4.79 Å². The van der Waals surface area contributed by atoms with Gasteiger partial charge >= 0.3 is 5.97 Å². The predicted molar refractivity (Wildman–Crippen MR) is 126 cm³/mol. The van der Waals surface area contributed by atoms with Crippen molar-refractivity contribution in [2.45, 2.75) is 0 Å². The standard InChI is InChI=1S/C24H19BrN2O5/c1-32-21-11-10-17(25)13-15(21)9-12-22(28)26-18-6-4-5-16(14-18)23(29)27-20-8-3-2-7-19(20)24(30)31/h2-14H,1H3,(H,26,28)(H,27,29)(H,30,31)/b12-9+. The van der Waals surface area contributed by atoms with E-state index in [0.717, 1.165) is 10.0 Å². The SMILES string of the molecule is COc1ccc(Br)cc1/C=C/C(=O)Nc1cccc(C(=O)Nc2ccccc2C(=O)O)c1. The second-order valence-electron chi connectivity index (χ2n) is 6.59. The fourth-order valence-corrected chi connectivity index (χ4v) is 3.27. The van der Waals surface area contributed by atoms with Crippen LogP contribution < -0.4 is 15.4 Å². The van der Waals surface area contributed by atoms with Crippen LogP contribution in [0.5, 0.6) is 5.75 Å². The Hall–Kier alpha value is -3.91. The number of halogens is 1. The van der Waals surface area contributed by atoms with Gasteiger partial charge in [-0.3, -0.25) is 9.59 Å². The van der Waals surface area contributed by atoms with Crippen LogP contribution >= 0.6 is 15.9 Å². The Morgan fingerprint density at radius 2 is 1.75 bits per heavy atom. The van der Waals surface area contributed by atoms with E-state index in [2.05, 4.69) is 26.6 Å². The molecular formula is C24H19BrN2O5. The lowest BCUT2D eigenvalue weighted by molar-refractivity contribution is -0.111. The van der Waals surface area contributed by atoms with E-state index in [0.29, 0.717) is 11.4 Å². The topological polar surface area (TPSA) is 105 Å². The van der Waals surface area contributed by atoms with Crippen molar-refractivity contribution in [3.8, 4) is 5.75 Å². The second-order valence-corrected chi connectivity index (χ2v) is 7.51. The van der Waals surface area contributed by atoms with Crippen LogP contribution in [-0.2, 0) is 4.79 Å². The quantitative estimate of drug-likeness (QED) is 0.398. The number of anilines is 2. The van der Waals surface area contributed by atoms with Gasteiger partial charge in [0.25, 0.3) is 5.91 Å². The van der Waals surface area contributed by atoms with Crippen molar-refractivity contribution in [1.29, 1.82) is 0 Å². The molecule has 0 fully saturated rings. The molecule has 0 aromatic heterocycles. The third kappa shape index (κ3) is 5.83. The lowest BCUT2D eigenvalue weighted by Crippen LogP contribution is -2.15. The molecule has 0 atom stereocenters. The molecule has 3 aromatic carbocycles. The highest BCUT2D eigenvalue weighted by atomic mass is 79.9. The Morgan fingerprint density at radius 1 is 0.969 bits per heavy atom. The molecule has 3 rings (SSSR count). The highest BCUT2D eigenvalue weighted by Crippen LogP contribution is 2.24. The van der Waals surface area contributed by atoms with Crippen molar-refractivity contribution in [2.24, 2.45) is 0 Å². The molecule has 0 spiro atoms. The van der Waals surface area contributed by atoms with E-state index in [1.54, 1.807) is 49.6 Å². The molecule has 0 bridgehead atoms. The van der Waals surface area contributed by atoms with E-state index >= 15 is 0 Å². The maximum absolute atomic E-state index is 12.6. The average Bonchev–Trinajstić information content (AvgIpc) is 2.78. The maximum Gasteiger partial charge on any atom is 0.337 e. The number of carboxylic acid groups (broad SMARTS) is 1. The fraction of sp³-hybridized carbons (Fsp3) is 0.0417. The Bertz CT molecular complexity index is 1210. The van der Waals surface area contributed by atoms with Crippen LogP contribution in [0.3, 0.4) is 0 Å². The lowest BCUT2D eigenvalue weighted by atomic mass is 10.1. The molecule has 0 saturated carbocycles. The van der Waals surface area contributed by atoms with Gasteiger partial charge in [0.1, 0.15) is 5.75 Å². The second kappa shape index (κ2) is 10.4. The average molecular weight is 495 g/mol. The van der Waals surface area contributed by atoms with Gasteiger partial charge < -0.3 is 20.5 Å². The van der Waals surface area contributed by atoms with Gasteiger partial charge in [-0.05, 0) is 54.6 Å². The summed E-state index contributed by atoms with van der Waals surface area (Å²) in [6, 6.07) is 17.9. The van der Waals surface area contributed by atoms with Gasteiger partial charge in [0.2, 0.25) is 5.91 Å². The highest BCUT2D eigenvalue weighted by molar-refractivity contribution is 9.10. The number of ether oxygens (including phenoxy) is 1. The van der Waals surface area contributed by atoms with Gasteiger partial charge in [-0.15, -0.1) is 0 Å². The van der Waals surface area contributed by atoms with Crippen LogP contribution in [0.25, 0.3) is 6.08 Å². The van der Waals surface area contributed by atoms with Crippen LogP contribution in [0, 0.1) is 0 Å². The normalized spacial score (nSPS) is 10.6. The lowest BCUT2D eigenvalue weighted by Gasteiger charge is -2.09. The minimum Gasteiger partial charge on any atom is -0.496 e. The molecular weight excluding hydrogens is 476 g/mol. The Balaban J connectivity index is 1.71. The number of carbonyl (C=O) groups excluding carboxylic acids is 2. The Morgan fingerprint density at radius 3 is 2.50 bits per heavy atom. The number of para-hydroxylation sites is 1. The van der Waals surface area contributed by atoms with Crippen molar-refractivity contribution in [1.82, 2.24) is 0 Å². The molecule has 0 saturated heterocycles. The summed E-state index contributed by atoms with van der Waals surface area (Å²) in [4.78, 5) is 36.3. The number of carboxylic acids is 1. The summed E-state index contributed by atoms with van der Waals surface area (Å²) in [5, 5.41) is 14.5. The Labute approximate surface area is 192 Å². The van der Waals surface area contributed by atoms with Crippen molar-refractivity contribution < 1.29 is 24.2 Å². The molecule has 0 heterocycles. The van der Waals surface area contributed by atoms with Crippen molar-refractivity contribution >= 4 is 51.2 Å². The van der Waals surface area contributed by atoms with Crippen LogP contribution in [-0.4, -0.2) is 30.0 Å². The smallest absolute Gasteiger partial charge is 0.337 e. The number of nitrogens with one attached hydrogen (secondary N) is 2. The summed E-state index contributed by atoms with van der Waals surface area (Å²) in [5.74, 6) is -1.40. The fourth-order valence-electron chi connectivity index (χ4n) is 2.90. The van der Waals surface area contributed by atoms with E-state index in [-0.39, 0.29) is 22.7 Å². The monoisotopic (exact) mass is 494 g/mol. The first kappa shape index (κ1) is 22.8. The van der Waals surface area contributed by atoms with Crippen LogP contribution in [0.1, 0.15) is 26.3 Å². The van der Waals surface area contributed by atoms with Crippen molar-refractivity contribution in [3.05, 3.63) is 94.0 Å². The number of amides is 2. The summed E-state index contributed by atoms with van der Waals surface area (Å²) in [5.41, 5.74) is 1.58. The number of hydrogen-bond acceptors (Lipinski definition) is 4. The number of benzene rings is 3. The summed E-state index contributed by atoms with van der Waals surface area (Å²) in [6.45, 7) is 0. The zero-order chi connectivity index (χ0) is 23.1. The van der Waals surface area contributed by atoms with Crippen molar-refractivity contribution in [2.75, 3.05) is 17.7 Å². The minimum absolute atomic E-state index is 0.0154. The summed E-state index contributed by atoms with van der Waals surface area (Å²) < 4.78 is 6.13. The van der Waals surface area contributed by atoms with Gasteiger partial charge in [0.05, 0.1) is 18.4 Å². The van der Waals surface area contributed by atoms with Crippen LogP contribution in [0.15, 0.2) is 77.3 Å². The molecule has 0 radical (unpaired) electrons. The first-order valence-electron chi connectivity index (χ1n) is 9.43. The molecule has 0 unspecified atom stereocenters. The molecule has 8 heteroatoms. The van der Waals surface area contributed by atoms with E-state index in [9.17, 15) is 19.5 Å². The molecule has 0 aliphatic carbocycles. The third-order valence-electron chi connectivity index (χ3n) is 4.40. The molecule has 0 aliphatic rings. The number of rotatable bonds is 7. The first-order valence-corrected chi connectivity index (χ1v) is 10.2. The van der Waals surface area contributed by atoms with E-state index < -0.39 is 11.9 Å². The molecule has 3 aromatic rings. The Kier molecular flexibility index (Phi) is 7.41. The summed E-state index contributed by atoms with van der Waals surface area (Å²) in [6.07, 6.45) is 2.98. The predicted octanol–water partition coefficient (Wildman–Crippen LogP) is 5.06. The highest BCUT2D eigenvalue weighted by Gasteiger charge is 2.13. The van der Waals surface area contributed by atoms with Gasteiger partial charge in [0.15, 0.2) is 0 Å². The largest absolute Gasteiger partial charge is 0.496 e. The summed E-state index contributed by atoms with van der Waals surface area (Å²) in [7, 11) is 1.55. The van der Waals surface area contributed by atoms with E-state index in [4.69, 9.17) is 4.74 Å². The molecule has 32 heavy (non-hydrogen) atoms. The number of methoxy groups -OCH3 is 1. The van der Waals surface area contributed by atoms with Crippen LogP contribution in [0.4, 0.5) is 11.4 Å². The maximum atomic E-state index is 12.6. The third-order valence-corrected chi connectivity index (χ3v) is 4.90. The molecule has 2 amide bonds. The van der Waals surface area contributed by atoms with Gasteiger partial charge in [-0.1, -0.05) is 34.1 Å². The van der Waals surface area contributed by atoms with E-state index in [1.165, 1.54) is 24.3 Å². The first-order chi connectivity index (χ1) is 15.4. The summed E-state index contributed by atoms with van der Waals surface area (Å²) >= 11 is 3.38. The number of aromatic carboxylic acids is 1. The van der Waals surface area contributed by atoms with Crippen molar-refractivity contribution in [3.63, 3.8) is 0 Å². The molecule has 162 valence electrons. The van der Waals surface area contributed by atoms with E-state index in [1.807, 2.05) is 12.1 Å².